The topological polar surface area (TPSA) is 93.4 Å². The van der Waals surface area contributed by atoms with Gasteiger partial charge in [-0.15, -0.1) is 0 Å². The number of aromatic amines is 1. The van der Waals surface area contributed by atoms with E-state index in [0.717, 1.165) is 55.4 Å². The van der Waals surface area contributed by atoms with Crippen molar-refractivity contribution in [1.82, 2.24) is 35.1 Å². The second-order valence-electron chi connectivity index (χ2n) is 11.8. The van der Waals surface area contributed by atoms with Crippen molar-refractivity contribution < 1.29 is 0 Å². The highest BCUT2D eigenvalue weighted by Crippen LogP contribution is 2.33. The van der Waals surface area contributed by atoms with E-state index in [1.54, 1.807) is 7.05 Å². The van der Waals surface area contributed by atoms with Crippen molar-refractivity contribution in [3.05, 3.63) is 130 Å². The van der Waals surface area contributed by atoms with Crippen LogP contribution in [0.25, 0.3) is 27.8 Å². The highest BCUT2D eigenvalue weighted by atomic mass is 16.2. The molecule has 0 bridgehead atoms. The van der Waals surface area contributed by atoms with E-state index in [1.807, 2.05) is 30.6 Å². The van der Waals surface area contributed by atoms with Gasteiger partial charge in [-0.3, -0.25) is 4.98 Å². The van der Waals surface area contributed by atoms with Crippen LogP contribution in [0.4, 0.5) is 0 Å². The predicted molar refractivity (Wildman–Crippen MR) is 176 cm³/mol. The van der Waals surface area contributed by atoms with Crippen molar-refractivity contribution in [2.75, 3.05) is 13.1 Å². The van der Waals surface area contributed by atoms with E-state index in [4.69, 9.17) is 0 Å². The summed E-state index contributed by atoms with van der Waals surface area (Å²) in [4.78, 5) is 20.6. The number of pyridine rings is 1. The molecule has 8 nitrogen and oxygen atoms in total. The van der Waals surface area contributed by atoms with Crippen molar-refractivity contribution >= 4 is 10.9 Å². The second kappa shape index (κ2) is 13.2. The highest BCUT2D eigenvalue weighted by Gasteiger charge is 2.17. The summed E-state index contributed by atoms with van der Waals surface area (Å²) in [6.45, 7) is 6.03. The molecule has 0 radical (unpaired) electrons. The summed E-state index contributed by atoms with van der Waals surface area (Å²) in [7, 11) is 1.61. The van der Waals surface area contributed by atoms with Crippen molar-refractivity contribution in [3.63, 3.8) is 0 Å². The molecule has 3 aromatic heterocycles. The summed E-state index contributed by atoms with van der Waals surface area (Å²) in [6.07, 6.45) is 7.77. The van der Waals surface area contributed by atoms with Crippen molar-refractivity contribution in [2.24, 2.45) is 13.0 Å². The number of hydrogen-bond donors (Lipinski definition) is 2. The zero-order chi connectivity index (χ0) is 30.5. The minimum atomic E-state index is -0.270. The number of aryl methyl sites for hydroxylation is 4. The van der Waals surface area contributed by atoms with Crippen molar-refractivity contribution in [1.29, 1.82) is 0 Å². The SMILES string of the molecule is Cc1cc(C)cc(-c2[nH]c3ccc(-n4nnn(C)c4=O)cc3c2CCNCC(CCc2cccnc2)Cc2ccccc2)c1. The largest absolute Gasteiger partial charge is 0.368 e. The summed E-state index contributed by atoms with van der Waals surface area (Å²) in [5, 5.41) is 12.9. The summed E-state index contributed by atoms with van der Waals surface area (Å²) in [6, 6.07) is 27.6. The maximum absolute atomic E-state index is 12.6. The molecule has 6 aromatic rings. The van der Waals surface area contributed by atoms with Gasteiger partial charge in [0.05, 0.1) is 5.69 Å². The van der Waals surface area contributed by atoms with E-state index in [9.17, 15) is 4.79 Å². The monoisotopic (exact) mass is 585 g/mol. The fourth-order valence-corrected chi connectivity index (χ4v) is 6.13. The van der Waals surface area contributed by atoms with Crippen LogP contribution in [0.5, 0.6) is 0 Å². The molecule has 224 valence electrons. The lowest BCUT2D eigenvalue weighted by Gasteiger charge is -2.18. The molecular weight excluding hydrogens is 546 g/mol. The Bertz CT molecular complexity index is 1880. The number of fused-ring (bicyclic) bond motifs is 1. The second-order valence-corrected chi connectivity index (χ2v) is 11.8. The summed E-state index contributed by atoms with van der Waals surface area (Å²) in [5.41, 5.74) is 10.1. The third-order valence-corrected chi connectivity index (χ3v) is 8.28. The Hall–Kier alpha value is -4.82. The Morgan fingerprint density at radius 2 is 1.68 bits per heavy atom. The van der Waals surface area contributed by atoms with E-state index >= 15 is 0 Å². The number of aromatic nitrogens is 6. The molecule has 2 N–H and O–H groups in total. The third-order valence-electron chi connectivity index (χ3n) is 8.28. The van der Waals surface area contributed by atoms with Crippen LogP contribution in [0, 0.1) is 19.8 Å². The van der Waals surface area contributed by atoms with E-state index in [0.29, 0.717) is 11.6 Å². The van der Waals surface area contributed by atoms with Gasteiger partial charge in [0.15, 0.2) is 0 Å². The number of hydrogen-bond acceptors (Lipinski definition) is 5. The van der Waals surface area contributed by atoms with Gasteiger partial charge in [0.1, 0.15) is 0 Å². The van der Waals surface area contributed by atoms with E-state index in [2.05, 4.69) is 100 Å². The molecular formula is C36H39N7O. The highest BCUT2D eigenvalue weighted by molar-refractivity contribution is 5.92. The average Bonchev–Trinajstić information content (AvgIpc) is 3.57. The van der Waals surface area contributed by atoms with Crippen LogP contribution >= 0.6 is 0 Å². The minimum Gasteiger partial charge on any atom is -0.354 e. The first-order valence-corrected chi connectivity index (χ1v) is 15.3. The lowest BCUT2D eigenvalue weighted by atomic mass is 9.93. The standard InChI is InChI=1S/C36H39N7O/c1-25-18-26(2)20-30(19-25)35-32(33-22-31(13-14-34(33)39-35)43-36(44)42(3)40-41-43)15-17-38-24-29(21-27-8-5-4-6-9-27)12-11-28-10-7-16-37-23-28/h4-10,13-14,16,18-20,22-23,29,38-39H,11-12,15,17,21,24H2,1-3H3. The predicted octanol–water partition coefficient (Wildman–Crippen LogP) is 5.75. The van der Waals surface area contributed by atoms with Gasteiger partial charge in [0.25, 0.3) is 0 Å². The zero-order valence-corrected chi connectivity index (χ0v) is 25.6. The van der Waals surface area contributed by atoms with Crippen LogP contribution in [-0.4, -0.2) is 42.8 Å². The van der Waals surface area contributed by atoms with Gasteiger partial charge in [-0.05, 0) is 128 Å². The summed E-state index contributed by atoms with van der Waals surface area (Å²) >= 11 is 0. The van der Waals surface area contributed by atoms with Crippen LogP contribution in [0.2, 0.25) is 0 Å². The zero-order valence-electron chi connectivity index (χ0n) is 25.6. The molecule has 0 aliphatic heterocycles. The number of H-pyrrole nitrogens is 1. The molecule has 0 fully saturated rings. The fraction of sp³-hybridized carbons (Fsp3) is 0.278. The first-order chi connectivity index (χ1) is 21.4. The van der Waals surface area contributed by atoms with E-state index in [1.165, 1.54) is 42.7 Å². The number of benzene rings is 3. The Balaban J connectivity index is 1.25. The van der Waals surface area contributed by atoms with Crippen molar-refractivity contribution in [2.45, 2.75) is 39.5 Å². The summed E-state index contributed by atoms with van der Waals surface area (Å²) in [5.74, 6) is 0.495. The molecule has 44 heavy (non-hydrogen) atoms. The Morgan fingerprint density at radius 1 is 0.886 bits per heavy atom. The molecule has 0 spiro atoms. The first kappa shape index (κ1) is 29.3. The fourth-order valence-electron chi connectivity index (χ4n) is 6.13. The number of nitrogens with zero attached hydrogens (tertiary/aromatic N) is 5. The molecule has 3 aromatic carbocycles. The molecule has 0 aliphatic rings. The smallest absolute Gasteiger partial charge is 0.354 e. The van der Waals surface area contributed by atoms with Gasteiger partial charge in [-0.25, -0.2) is 4.79 Å². The normalized spacial score (nSPS) is 12.2. The van der Waals surface area contributed by atoms with Gasteiger partial charge in [-0.2, -0.15) is 9.36 Å². The van der Waals surface area contributed by atoms with Gasteiger partial charge in [0.2, 0.25) is 0 Å². The van der Waals surface area contributed by atoms with Gasteiger partial charge in [0, 0.05) is 36.0 Å². The lowest BCUT2D eigenvalue weighted by Crippen LogP contribution is -2.27. The van der Waals surface area contributed by atoms with E-state index in [-0.39, 0.29) is 5.69 Å². The number of rotatable bonds is 12. The Kier molecular flexibility index (Phi) is 8.79. The number of nitrogens with one attached hydrogen (secondary N) is 2. The molecule has 1 atom stereocenters. The molecule has 8 heteroatoms. The quantitative estimate of drug-likeness (QED) is 0.179. The maximum atomic E-state index is 12.6. The third kappa shape index (κ3) is 6.71. The Morgan fingerprint density at radius 3 is 2.41 bits per heavy atom. The Labute approximate surface area is 257 Å². The van der Waals surface area contributed by atoms with Gasteiger partial charge in [-0.1, -0.05) is 53.6 Å². The van der Waals surface area contributed by atoms with Crippen molar-refractivity contribution in [3.8, 4) is 16.9 Å². The van der Waals surface area contributed by atoms with E-state index < -0.39 is 0 Å². The molecule has 6 rings (SSSR count). The first-order valence-electron chi connectivity index (χ1n) is 15.3. The van der Waals surface area contributed by atoms with Crippen LogP contribution in [0.3, 0.4) is 0 Å². The molecule has 1 unspecified atom stereocenters. The average molecular weight is 586 g/mol. The molecule has 0 amide bonds. The van der Waals surface area contributed by atoms with Crippen LogP contribution in [0.1, 0.15) is 34.2 Å². The molecule has 0 aliphatic carbocycles. The van der Waals surface area contributed by atoms with Crippen LogP contribution < -0.4 is 11.0 Å². The van der Waals surface area contributed by atoms with Crippen LogP contribution in [-0.2, 0) is 26.3 Å². The molecule has 0 saturated carbocycles. The van der Waals surface area contributed by atoms with Gasteiger partial charge >= 0.3 is 5.69 Å². The van der Waals surface area contributed by atoms with Crippen LogP contribution in [0.15, 0.2) is 96.1 Å². The lowest BCUT2D eigenvalue weighted by molar-refractivity contribution is 0.445. The minimum absolute atomic E-state index is 0.270. The summed E-state index contributed by atoms with van der Waals surface area (Å²) < 4.78 is 2.59. The maximum Gasteiger partial charge on any atom is 0.368 e. The molecule has 0 saturated heterocycles. The molecule has 3 heterocycles. The van der Waals surface area contributed by atoms with Gasteiger partial charge < -0.3 is 10.3 Å². The number of tetrazole rings is 1.